The molecule has 0 N–H and O–H groups in total. The average molecular weight is 348 g/mol. The molecule has 1 saturated heterocycles. The van der Waals surface area contributed by atoms with Crippen LogP contribution in [-0.2, 0) is 6.42 Å². The van der Waals surface area contributed by atoms with Crippen LogP contribution in [0.1, 0.15) is 53.0 Å². The summed E-state index contributed by atoms with van der Waals surface area (Å²) in [6.07, 6.45) is 7.15. The molecule has 2 aromatic rings. The highest BCUT2D eigenvalue weighted by Gasteiger charge is 2.21. The molecule has 0 amide bonds. The van der Waals surface area contributed by atoms with Crippen LogP contribution in [0.4, 0.5) is 0 Å². The summed E-state index contributed by atoms with van der Waals surface area (Å²) in [7, 11) is 4.00. The molecule has 0 bridgehead atoms. The molecule has 0 radical (unpaired) electrons. The zero-order chi connectivity index (χ0) is 18.1. The van der Waals surface area contributed by atoms with Gasteiger partial charge in [0.1, 0.15) is 5.75 Å². The van der Waals surface area contributed by atoms with Crippen LogP contribution in [0.5, 0.6) is 5.75 Å². The Balaban J connectivity index is 1.62. The third-order valence-electron chi connectivity index (χ3n) is 6.13. The highest BCUT2D eigenvalue weighted by atomic mass is 16.5. The zero-order valence-electron chi connectivity index (χ0n) is 16.2. The van der Waals surface area contributed by atoms with Gasteiger partial charge in [-0.25, -0.2) is 0 Å². The lowest BCUT2D eigenvalue weighted by Crippen LogP contribution is -2.29. The van der Waals surface area contributed by atoms with Gasteiger partial charge in [0.15, 0.2) is 0 Å². The van der Waals surface area contributed by atoms with Crippen molar-refractivity contribution in [1.29, 1.82) is 0 Å². The van der Waals surface area contributed by atoms with Crippen molar-refractivity contribution in [3.63, 3.8) is 0 Å². The topological polar surface area (TPSA) is 12.5 Å². The Labute approximate surface area is 157 Å². The minimum atomic E-state index is 0.721. The van der Waals surface area contributed by atoms with Gasteiger partial charge < -0.3 is 9.64 Å². The second kappa shape index (κ2) is 7.28. The van der Waals surface area contributed by atoms with E-state index in [-0.39, 0.29) is 0 Å². The summed E-state index contributed by atoms with van der Waals surface area (Å²) in [6, 6.07) is 13.5. The predicted octanol–water partition coefficient (Wildman–Crippen LogP) is 5.30. The molecule has 1 heterocycles. The molecule has 26 heavy (non-hydrogen) atoms. The lowest BCUT2D eigenvalue weighted by atomic mass is 9.87. The fraction of sp³-hybridized carbons (Fsp3) is 0.417. The first-order valence-corrected chi connectivity index (χ1v) is 9.81. The summed E-state index contributed by atoms with van der Waals surface area (Å²) in [4.78, 5) is 2.44. The van der Waals surface area contributed by atoms with Gasteiger partial charge in [-0.3, -0.25) is 0 Å². The molecule has 4 rings (SSSR count). The van der Waals surface area contributed by atoms with Crippen molar-refractivity contribution >= 4 is 11.6 Å². The number of rotatable bonds is 3. The van der Waals surface area contributed by atoms with E-state index >= 15 is 0 Å². The van der Waals surface area contributed by atoms with Gasteiger partial charge >= 0.3 is 0 Å². The minimum Gasteiger partial charge on any atom is -0.496 e. The van der Waals surface area contributed by atoms with E-state index < -0.39 is 0 Å². The molecule has 0 spiro atoms. The summed E-state index contributed by atoms with van der Waals surface area (Å²) in [5.41, 5.74) is 8.38. The van der Waals surface area contributed by atoms with E-state index in [0.29, 0.717) is 0 Å². The van der Waals surface area contributed by atoms with Gasteiger partial charge in [-0.2, -0.15) is 0 Å². The van der Waals surface area contributed by atoms with Crippen molar-refractivity contribution in [3.05, 3.63) is 64.2 Å². The predicted molar refractivity (Wildman–Crippen MR) is 110 cm³/mol. The molecule has 136 valence electrons. The van der Waals surface area contributed by atoms with Crippen LogP contribution in [-0.4, -0.2) is 32.1 Å². The molecule has 0 atom stereocenters. The van der Waals surface area contributed by atoms with Crippen molar-refractivity contribution in [2.75, 3.05) is 27.2 Å². The van der Waals surface area contributed by atoms with Gasteiger partial charge in [-0.1, -0.05) is 36.4 Å². The molecular weight excluding hydrogens is 318 g/mol. The number of benzene rings is 2. The highest BCUT2D eigenvalue weighted by molar-refractivity contribution is 5.88. The number of ether oxygens (including phenoxy) is 1. The van der Waals surface area contributed by atoms with Crippen LogP contribution in [0.3, 0.4) is 0 Å². The van der Waals surface area contributed by atoms with E-state index in [1.807, 2.05) is 0 Å². The second-order valence-corrected chi connectivity index (χ2v) is 7.86. The second-order valence-electron chi connectivity index (χ2n) is 7.86. The van der Waals surface area contributed by atoms with E-state index in [4.69, 9.17) is 4.74 Å². The number of aryl methyl sites for hydroxylation is 2. The Morgan fingerprint density at radius 3 is 2.62 bits per heavy atom. The van der Waals surface area contributed by atoms with Crippen molar-refractivity contribution in [2.24, 2.45) is 0 Å². The first kappa shape index (κ1) is 17.4. The maximum Gasteiger partial charge on any atom is 0.126 e. The summed E-state index contributed by atoms with van der Waals surface area (Å²) < 4.78 is 5.62. The van der Waals surface area contributed by atoms with E-state index in [1.165, 1.54) is 59.3 Å². The van der Waals surface area contributed by atoms with Gasteiger partial charge in [-0.05, 0) is 92.6 Å². The third-order valence-corrected chi connectivity index (χ3v) is 6.13. The molecule has 2 aromatic carbocycles. The minimum absolute atomic E-state index is 0.721. The number of likely N-dealkylation sites (tertiary alicyclic amines) is 1. The maximum absolute atomic E-state index is 5.62. The Kier molecular flexibility index (Phi) is 4.86. The monoisotopic (exact) mass is 347 g/mol. The highest BCUT2D eigenvalue weighted by Crippen LogP contribution is 2.40. The van der Waals surface area contributed by atoms with Crippen LogP contribution in [0.25, 0.3) is 11.6 Å². The van der Waals surface area contributed by atoms with Crippen LogP contribution in [0, 0.1) is 6.92 Å². The van der Waals surface area contributed by atoms with Gasteiger partial charge in [0.2, 0.25) is 0 Å². The molecule has 0 aromatic heterocycles. The zero-order valence-corrected chi connectivity index (χ0v) is 16.2. The lowest BCUT2D eigenvalue weighted by Gasteiger charge is -2.29. The molecule has 0 saturated carbocycles. The Morgan fingerprint density at radius 1 is 1.08 bits per heavy atom. The quantitative estimate of drug-likeness (QED) is 0.747. The summed E-state index contributed by atoms with van der Waals surface area (Å²) in [6.45, 7) is 4.68. The summed E-state index contributed by atoms with van der Waals surface area (Å²) in [5.74, 6) is 1.73. The maximum atomic E-state index is 5.62. The number of hydrogen-bond donors (Lipinski definition) is 0. The van der Waals surface area contributed by atoms with E-state index in [2.05, 4.69) is 61.3 Å². The first-order valence-electron chi connectivity index (χ1n) is 9.81. The lowest BCUT2D eigenvalue weighted by molar-refractivity contribution is 0.255. The number of allylic oxidation sites excluding steroid dienone is 1. The van der Waals surface area contributed by atoms with E-state index in [9.17, 15) is 0 Å². The summed E-state index contributed by atoms with van der Waals surface area (Å²) >= 11 is 0. The van der Waals surface area contributed by atoms with Crippen molar-refractivity contribution in [1.82, 2.24) is 4.90 Å². The largest absolute Gasteiger partial charge is 0.496 e. The van der Waals surface area contributed by atoms with Crippen molar-refractivity contribution in [3.8, 4) is 5.75 Å². The Bertz CT molecular complexity index is 828. The normalized spacial score (nSPS) is 19.7. The third kappa shape index (κ3) is 3.31. The smallest absolute Gasteiger partial charge is 0.126 e. The van der Waals surface area contributed by atoms with Gasteiger partial charge in [0.25, 0.3) is 0 Å². The molecule has 2 nitrogen and oxygen atoms in total. The van der Waals surface area contributed by atoms with Gasteiger partial charge in [0, 0.05) is 5.56 Å². The number of nitrogens with zero attached hydrogens (tertiary/aromatic N) is 1. The van der Waals surface area contributed by atoms with Crippen LogP contribution >= 0.6 is 0 Å². The van der Waals surface area contributed by atoms with E-state index in [1.54, 1.807) is 7.11 Å². The van der Waals surface area contributed by atoms with Gasteiger partial charge in [-0.15, -0.1) is 0 Å². The first-order chi connectivity index (χ1) is 12.7. The number of fused-ring (bicyclic) bond motifs is 1. The molecule has 1 aliphatic carbocycles. The summed E-state index contributed by atoms with van der Waals surface area (Å²) in [5, 5.41) is 0. The molecule has 0 unspecified atom stereocenters. The standard InChI is InChI=1S/C24H29NO/c1-17-15-21(18-11-13-25(2)14-12-18)9-8-20(17)16-22-10-7-19-5-4-6-23(26-3)24(19)22/h4-6,8-9,15-16,18H,7,10-14H2,1-3H3/b22-16+. The van der Waals surface area contributed by atoms with Crippen LogP contribution in [0.15, 0.2) is 36.4 Å². The number of methoxy groups -OCH3 is 1. The van der Waals surface area contributed by atoms with Crippen LogP contribution < -0.4 is 4.74 Å². The molecular formula is C24H29NO. The molecule has 1 fully saturated rings. The Hall–Kier alpha value is -2.06. The van der Waals surface area contributed by atoms with Crippen molar-refractivity contribution in [2.45, 2.75) is 38.5 Å². The SMILES string of the molecule is COc1cccc2c1/C(=C/c1ccc(C3CCN(C)CC3)cc1C)CC2. The molecule has 2 heteroatoms. The molecule has 1 aliphatic heterocycles. The van der Waals surface area contributed by atoms with E-state index in [0.717, 1.165) is 24.5 Å². The number of hydrogen-bond acceptors (Lipinski definition) is 2. The Morgan fingerprint density at radius 2 is 1.88 bits per heavy atom. The number of piperidine rings is 1. The average Bonchev–Trinajstić information content (AvgIpc) is 3.07. The van der Waals surface area contributed by atoms with Crippen LogP contribution in [0.2, 0.25) is 0 Å². The fourth-order valence-electron chi connectivity index (χ4n) is 4.50. The van der Waals surface area contributed by atoms with Crippen molar-refractivity contribution < 1.29 is 4.74 Å². The van der Waals surface area contributed by atoms with Gasteiger partial charge in [0.05, 0.1) is 7.11 Å². The fourth-order valence-corrected chi connectivity index (χ4v) is 4.50. The molecule has 2 aliphatic rings.